The van der Waals surface area contributed by atoms with Crippen LogP contribution in [0.25, 0.3) is 0 Å². The van der Waals surface area contributed by atoms with E-state index >= 15 is 0 Å². The highest BCUT2D eigenvalue weighted by atomic mass is 19.3. The number of benzene rings is 1. The van der Waals surface area contributed by atoms with E-state index in [1.165, 1.54) is 11.3 Å². The summed E-state index contributed by atoms with van der Waals surface area (Å²) in [7, 11) is 1.72. The highest BCUT2D eigenvalue weighted by Gasteiger charge is 2.12. The van der Waals surface area contributed by atoms with E-state index in [1.807, 2.05) is 12.1 Å². The molecule has 16 heavy (non-hydrogen) atoms. The lowest BCUT2D eigenvalue weighted by atomic mass is 10.1. The molecule has 4 heteroatoms. The SMILES string of the molecule is CN(Cc1ccc2c(c1)CCN2)CC(F)F. The van der Waals surface area contributed by atoms with Crippen molar-refractivity contribution in [3.8, 4) is 0 Å². The molecule has 1 N–H and O–H groups in total. The van der Waals surface area contributed by atoms with Gasteiger partial charge in [0.1, 0.15) is 0 Å². The van der Waals surface area contributed by atoms with Gasteiger partial charge in [-0.1, -0.05) is 12.1 Å². The van der Waals surface area contributed by atoms with Crippen LogP contribution in [-0.4, -0.2) is 31.5 Å². The van der Waals surface area contributed by atoms with Crippen molar-refractivity contribution in [1.82, 2.24) is 4.90 Å². The van der Waals surface area contributed by atoms with E-state index in [1.54, 1.807) is 11.9 Å². The van der Waals surface area contributed by atoms with Crippen molar-refractivity contribution < 1.29 is 8.78 Å². The molecule has 2 rings (SSSR count). The van der Waals surface area contributed by atoms with Gasteiger partial charge in [-0.2, -0.15) is 0 Å². The number of rotatable bonds is 4. The summed E-state index contributed by atoms with van der Waals surface area (Å²) in [6.07, 6.45) is -1.23. The van der Waals surface area contributed by atoms with Crippen molar-refractivity contribution in [2.75, 3.05) is 25.5 Å². The van der Waals surface area contributed by atoms with Crippen LogP contribution in [-0.2, 0) is 13.0 Å². The second kappa shape index (κ2) is 4.78. The fourth-order valence-electron chi connectivity index (χ4n) is 2.07. The predicted molar refractivity (Wildman–Crippen MR) is 61.0 cm³/mol. The van der Waals surface area contributed by atoms with E-state index in [0.717, 1.165) is 18.5 Å². The third kappa shape index (κ3) is 2.70. The minimum absolute atomic E-state index is 0.171. The molecule has 0 amide bonds. The summed E-state index contributed by atoms with van der Waals surface area (Å²) in [5.41, 5.74) is 3.58. The molecule has 1 aromatic carbocycles. The van der Waals surface area contributed by atoms with Crippen LogP contribution in [0.3, 0.4) is 0 Å². The molecule has 0 fully saturated rings. The lowest BCUT2D eigenvalue weighted by Crippen LogP contribution is -2.24. The predicted octanol–water partition coefficient (Wildman–Crippen LogP) is 2.35. The van der Waals surface area contributed by atoms with Crippen molar-refractivity contribution in [2.24, 2.45) is 0 Å². The van der Waals surface area contributed by atoms with Crippen LogP contribution in [0, 0.1) is 0 Å². The molecule has 0 saturated heterocycles. The monoisotopic (exact) mass is 226 g/mol. The Morgan fingerprint density at radius 2 is 2.25 bits per heavy atom. The molecule has 0 aromatic heterocycles. The zero-order chi connectivity index (χ0) is 11.5. The number of halogens is 2. The summed E-state index contributed by atoms with van der Waals surface area (Å²) < 4.78 is 24.3. The molecular weight excluding hydrogens is 210 g/mol. The summed E-state index contributed by atoms with van der Waals surface area (Å²) in [6, 6.07) is 6.14. The van der Waals surface area contributed by atoms with Gasteiger partial charge in [0.25, 0.3) is 6.43 Å². The number of alkyl halides is 2. The number of nitrogens with zero attached hydrogens (tertiary/aromatic N) is 1. The third-order valence-corrected chi connectivity index (χ3v) is 2.78. The number of hydrogen-bond acceptors (Lipinski definition) is 2. The largest absolute Gasteiger partial charge is 0.384 e. The number of anilines is 1. The van der Waals surface area contributed by atoms with Gasteiger partial charge in [-0.3, -0.25) is 4.90 Å². The lowest BCUT2D eigenvalue weighted by molar-refractivity contribution is 0.0975. The normalized spacial score (nSPS) is 14.3. The molecule has 0 aliphatic carbocycles. The summed E-state index contributed by atoms with van der Waals surface area (Å²) in [4.78, 5) is 1.65. The topological polar surface area (TPSA) is 15.3 Å². The molecular formula is C12H16F2N2. The van der Waals surface area contributed by atoms with E-state index in [2.05, 4.69) is 11.4 Å². The van der Waals surface area contributed by atoms with Crippen LogP contribution in [0.2, 0.25) is 0 Å². The molecule has 1 aliphatic heterocycles. The van der Waals surface area contributed by atoms with Gasteiger partial charge >= 0.3 is 0 Å². The smallest absolute Gasteiger partial charge is 0.251 e. The van der Waals surface area contributed by atoms with Crippen LogP contribution in [0.15, 0.2) is 18.2 Å². The summed E-state index contributed by atoms with van der Waals surface area (Å²) >= 11 is 0. The summed E-state index contributed by atoms with van der Waals surface area (Å²) in [5.74, 6) is 0. The number of nitrogens with one attached hydrogen (secondary N) is 1. The Balaban J connectivity index is 1.99. The summed E-state index contributed by atoms with van der Waals surface area (Å²) in [5, 5.41) is 3.28. The van der Waals surface area contributed by atoms with Crippen molar-refractivity contribution in [3.63, 3.8) is 0 Å². The Labute approximate surface area is 94.3 Å². The average Bonchev–Trinajstić information content (AvgIpc) is 2.63. The van der Waals surface area contributed by atoms with Gasteiger partial charge in [0.15, 0.2) is 0 Å². The lowest BCUT2D eigenvalue weighted by Gasteiger charge is -2.16. The van der Waals surface area contributed by atoms with Crippen molar-refractivity contribution in [3.05, 3.63) is 29.3 Å². The molecule has 1 aliphatic rings. The average molecular weight is 226 g/mol. The van der Waals surface area contributed by atoms with Gasteiger partial charge in [-0.25, -0.2) is 8.78 Å². The molecule has 1 heterocycles. The zero-order valence-corrected chi connectivity index (χ0v) is 9.34. The van der Waals surface area contributed by atoms with Crippen molar-refractivity contribution in [1.29, 1.82) is 0 Å². The molecule has 88 valence electrons. The van der Waals surface area contributed by atoms with E-state index in [-0.39, 0.29) is 6.54 Å². The van der Waals surface area contributed by atoms with E-state index in [0.29, 0.717) is 6.54 Å². The molecule has 0 spiro atoms. The fourth-order valence-corrected chi connectivity index (χ4v) is 2.07. The molecule has 0 bridgehead atoms. The molecule has 0 unspecified atom stereocenters. The summed E-state index contributed by atoms with van der Waals surface area (Å²) in [6.45, 7) is 1.39. The maximum Gasteiger partial charge on any atom is 0.251 e. The Morgan fingerprint density at radius 3 is 3.00 bits per heavy atom. The van der Waals surface area contributed by atoms with E-state index < -0.39 is 6.43 Å². The second-order valence-corrected chi connectivity index (χ2v) is 4.26. The Morgan fingerprint density at radius 1 is 1.44 bits per heavy atom. The van der Waals surface area contributed by atoms with E-state index in [9.17, 15) is 8.78 Å². The number of hydrogen-bond donors (Lipinski definition) is 1. The molecule has 1 aromatic rings. The highest BCUT2D eigenvalue weighted by Crippen LogP contribution is 2.23. The Bertz CT molecular complexity index is 366. The molecule has 2 nitrogen and oxygen atoms in total. The Kier molecular flexibility index (Phi) is 3.39. The minimum Gasteiger partial charge on any atom is -0.384 e. The van der Waals surface area contributed by atoms with Crippen LogP contribution < -0.4 is 5.32 Å². The van der Waals surface area contributed by atoms with Gasteiger partial charge in [0.2, 0.25) is 0 Å². The molecule has 0 atom stereocenters. The fraction of sp³-hybridized carbons (Fsp3) is 0.500. The first-order valence-electron chi connectivity index (χ1n) is 5.47. The van der Waals surface area contributed by atoms with Crippen molar-refractivity contribution >= 4 is 5.69 Å². The van der Waals surface area contributed by atoms with Crippen LogP contribution in [0.1, 0.15) is 11.1 Å². The zero-order valence-electron chi connectivity index (χ0n) is 9.34. The first kappa shape index (κ1) is 11.3. The van der Waals surface area contributed by atoms with Gasteiger partial charge in [0.05, 0.1) is 6.54 Å². The highest BCUT2D eigenvalue weighted by molar-refractivity contribution is 5.56. The standard InChI is InChI=1S/C12H16F2N2/c1-16(8-12(13)14)7-9-2-3-11-10(6-9)4-5-15-11/h2-3,6,12,15H,4-5,7-8H2,1H3. The van der Waals surface area contributed by atoms with Crippen LogP contribution >= 0.6 is 0 Å². The first-order chi connectivity index (χ1) is 7.65. The molecule has 0 saturated carbocycles. The van der Waals surface area contributed by atoms with Gasteiger partial charge in [-0.15, -0.1) is 0 Å². The van der Waals surface area contributed by atoms with Gasteiger partial charge in [0, 0.05) is 18.8 Å². The maximum absolute atomic E-state index is 12.2. The quantitative estimate of drug-likeness (QED) is 0.847. The van der Waals surface area contributed by atoms with Gasteiger partial charge in [-0.05, 0) is 30.7 Å². The maximum atomic E-state index is 12.2. The van der Waals surface area contributed by atoms with Crippen molar-refractivity contribution in [2.45, 2.75) is 19.4 Å². The van der Waals surface area contributed by atoms with Crippen LogP contribution in [0.4, 0.5) is 14.5 Å². The Hall–Kier alpha value is -1.16. The second-order valence-electron chi connectivity index (χ2n) is 4.26. The van der Waals surface area contributed by atoms with Crippen LogP contribution in [0.5, 0.6) is 0 Å². The minimum atomic E-state index is -2.26. The van der Waals surface area contributed by atoms with Gasteiger partial charge < -0.3 is 5.32 Å². The number of fused-ring (bicyclic) bond motifs is 1. The van der Waals surface area contributed by atoms with E-state index in [4.69, 9.17) is 0 Å². The first-order valence-corrected chi connectivity index (χ1v) is 5.47. The molecule has 0 radical (unpaired) electrons. The third-order valence-electron chi connectivity index (χ3n) is 2.78.